The Morgan fingerprint density at radius 1 is 1.23 bits per heavy atom. The fourth-order valence-corrected chi connectivity index (χ4v) is 5.38. The maximum atomic E-state index is 14.8. The van der Waals surface area contributed by atoms with Gasteiger partial charge in [0.2, 0.25) is 0 Å². The molecule has 1 atom stereocenters. The number of rotatable bonds is 8. The van der Waals surface area contributed by atoms with Crippen LogP contribution in [0.15, 0.2) is 58.9 Å². The Balaban J connectivity index is 1.60. The first kappa shape index (κ1) is 21.0. The van der Waals surface area contributed by atoms with Crippen molar-refractivity contribution in [3.63, 3.8) is 0 Å². The Morgan fingerprint density at radius 3 is 2.63 bits per heavy atom. The molecule has 3 aromatic rings. The summed E-state index contributed by atoms with van der Waals surface area (Å²) in [7, 11) is -4.15. The predicted molar refractivity (Wildman–Crippen MR) is 118 cm³/mol. The van der Waals surface area contributed by atoms with E-state index in [1.165, 1.54) is 6.20 Å². The molecule has 1 fully saturated rings. The molecule has 158 valence electrons. The number of sulfonamides is 1. The molecule has 0 amide bonds. The molecular weight excluding hydrogens is 447 g/mol. The molecule has 1 saturated heterocycles. The van der Waals surface area contributed by atoms with E-state index in [9.17, 15) is 12.8 Å². The van der Waals surface area contributed by atoms with Gasteiger partial charge in [-0.3, -0.25) is 4.72 Å². The van der Waals surface area contributed by atoms with Crippen LogP contribution in [0, 0.1) is 5.82 Å². The van der Waals surface area contributed by atoms with Crippen molar-refractivity contribution in [1.82, 2.24) is 9.88 Å². The number of thiazole rings is 1. The van der Waals surface area contributed by atoms with Crippen molar-refractivity contribution in [1.29, 1.82) is 0 Å². The number of nitrogens with zero attached hydrogens (tertiary/aromatic N) is 2. The van der Waals surface area contributed by atoms with Crippen LogP contribution in [-0.2, 0) is 10.0 Å². The number of hydrogen-bond donors (Lipinski definition) is 2. The molecule has 1 aromatic heterocycles. The first-order chi connectivity index (χ1) is 14.4. The lowest BCUT2D eigenvalue weighted by atomic mass is 10.0. The van der Waals surface area contributed by atoms with E-state index >= 15 is 0 Å². The minimum atomic E-state index is -4.15. The van der Waals surface area contributed by atoms with E-state index in [1.807, 2.05) is 30.3 Å². The summed E-state index contributed by atoms with van der Waals surface area (Å²) in [6, 6.07) is 12.0. The Labute approximate surface area is 183 Å². The molecule has 4 rings (SSSR count). The highest BCUT2D eigenvalue weighted by molar-refractivity contribution is 7.93. The summed E-state index contributed by atoms with van der Waals surface area (Å²) in [6.07, 6.45) is 2.62. The molecule has 30 heavy (non-hydrogen) atoms. The van der Waals surface area contributed by atoms with Crippen molar-refractivity contribution in [3.05, 3.63) is 70.4 Å². The maximum Gasteiger partial charge on any atom is 0.266 e. The molecule has 0 aliphatic carbocycles. The summed E-state index contributed by atoms with van der Waals surface area (Å²) in [5.41, 5.74) is 1.39. The van der Waals surface area contributed by atoms with Gasteiger partial charge in [-0.05, 0) is 37.2 Å². The molecule has 2 aromatic carbocycles. The second-order valence-corrected chi connectivity index (χ2v) is 9.92. The van der Waals surface area contributed by atoms with Crippen LogP contribution in [0.5, 0.6) is 0 Å². The highest BCUT2D eigenvalue weighted by atomic mass is 35.5. The van der Waals surface area contributed by atoms with Gasteiger partial charge in [0, 0.05) is 18.1 Å². The van der Waals surface area contributed by atoms with Crippen molar-refractivity contribution >= 4 is 43.8 Å². The van der Waals surface area contributed by atoms with Crippen molar-refractivity contribution in [2.45, 2.75) is 17.4 Å². The maximum absolute atomic E-state index is 14.8. The molecule has 10 heteroatoms. The molecule has 1 aliphatic rings. The first-order valence-corrected chi connectivity index (χ1v) is 12.1. The summed E-state index contributed by atoms with van der Waals surface area (Å²) in [4.78, 5) is 5.64. The zero-order valence-corrected chi connectivity index (χ0v) is 18.3. The lowest BCUT2D eigenvalue weighted by Gasteiger charge is -2.35. The van der Waals surface area contributed by atoms with Gasteiger partial charge in [-0.1, -0.05) is 41.9 Å². The second kappa shape index (κ2) is 8.89. The Bertz CT molecular complexity index is 1110. The standard InChI is InChI=1S/C20H20ClFN4O2S2/c21-15-11-19(30(27,28)25-20-23-7-10-29-20)16(22)12-17(15)24-18(13-26-8-4-9-26)14-5-2-1-3-6-14/h1-3,5-7,10-12,18,24H,4,8-9,13H2,(H,23,25)/t18-/m1/s1. The summed E-state index contributed by atoms with van der Waals surface area (Å²) in [6.45, 7) is 2.78. The van der Waals surface area contributed by atoms with Gasteiger partial charge < -0.3 is 10.2 Å². The Morgan fingerprint density at radius 2 is 2.00 bits per heavy atom. The van der Waals surface area contributed by atoms with Crippen LogP contribution in [0.4, 0.5) is 15.2 Å². The number of halogens is 2. The second-order valence-electron chi connectivity index (χ2n) is 6.97. The van der Waals surface area contributed by atoms with Gasteiger partial charge in [-0.25, -0.2) is 17.8 Å². The highest BCUT2D eigenvalue weighted by Crippen LogP contribution is 2.32. The van der Waals surface area contributed by atoms with Gasteiger partial charge in [0.15, 0.2) is 5.13 Å². The van der Waals surface area contributed by atoms with E-state index in [0.29, 0.717) is 5.69 Å². The van der Waals surface area contributed by atoms with Crippen LogP contribution in [-0.4, -0.2) is 37.9 Å². The predicted octanol–water partition coefficient (Wildman–Crippen LogP) is 4.60. The van der Waals surface area contributed by atoms with Gasteiger partial charge in [0.25, 0.3) is 10.0 Å². The molecule has 0 bridgehead atoms. The third-order valence-corrected chi connectivity index (χ3v) is 7.37. The van der Waals surface area contributed by atoms with Crippen LogP contribution in [0.3, 0.4) is 0 Å². The van der Waals surface area contributed by atoms with E-state index in [1.54, 1.807) is 5.38 Å². The number of likely N-dealkylation sites (tertiary alicyclic amines) is 1. The van der Waals surface area contributed by atoms with E-state index in [4.69, 9.17) is 11.6 Å². The molecule has 0 saturated carbocycles. The summed E-state index contributed by atoms with van der Waals surface area (Å²) < 4.78 is 42.2. The average molecular weight is 467 g/mol. The lowest BCUT2D eigenvalue weighted by Crippen LogP contribution is -2.41. The van der Waals surface area contributed by atoms with Gasteiger partial charge in [0.05, 0.1) is 16.8 Å². The normalized spacial score (nSPS) is 15.4. The van der Waals surface area contributed by atoms with Crippen molar-refractivity contribution in [3.8, 4) is 0 Å². The molecule has 0 spiro atoms. The summed E-state index contributed by atoms with van der Waals surface area (Å²) in [5.74, 6) is -0.887. The average Bonchev–Trinajstić information content (AvgIpc) is 3.18. The smallest absolute Gasteiger partial charge is 0.266 e. The van der Waals surface area contributed by atoms with E-state index in [0.717, 1.165) is 55.1 Å². The molecule has 0 unspecified atom stereocenters. The van der Waals surface area contributed by atoms with Gasteiger partial charge >= 0.3 is 0 Å². The number of benzene rings is 2. The SMILES string of the molecule is O=S(=O)(Nc1nccs1)c1cc(Cl)c(N[C@H](CN2CCC2)c2ccccc2)cc1F. The molecule has 6 nitrogen and oxygen atoms in total. The molecular formula is C20H20ClFN4O2S2. The van der Waals surface area contributed by atoms with Crippen molar-refractivity contribution in [2.75, 3.05) is 29.7 Å². The third kappa shape index (κ3) is 4.75. The van der Waals surface area contributed by atoms with Crippen LogP contribution in [0.25, 0.3) is 0 Å². The largest absolute Gasteiger partial charge is 0.376 e. The minimum absolute atomic E-state index is 0.112. The van der Waals surface area contributed by atoms with Crippen LogP contribution >= 0.6 is 22.9 Å². The molecule has 0 radical (unpaired) electrons. The minimum Gasteiger partial charge on any atom is -0.376 e. The van der Waals surface area contributed by atoms with Crippen molar-refractivity contribution < 1.29 is 12.8 Å². The van der Waals surface area contributed by atoms with Crippen LogP contribution < -0.4 is 10.0 Å². The lowest BCUT2D eigenvalue weighted by molar-refractivity contribution is 0.174. The zero-order chi connectivity index (χ0) is 21.1. The first-order valence-electron chi connectivity index (χ1n) is 9.37. The highest BCUT2D eigenvalue weighted by Gasteiger charge is 2.25. The Hall–Kier alpha value is -2.20. The summed E-state index contributed by atoms with van der Waals surface area (Å²) in [5, 5.41) is 5.19. The van der Waals surface area contributed by atoms with E-state index < -0.39 is 20.7 Å². The monoisotopic (exact) mass is 466 g/mol. The van der Waals surface area contributed by atoms with E-state index in [2.05, 4.69) is 19.9 Å². The Kier molecular flexibility index (Phi) is 6.24. The topological polar surface area (TPSA) is 74.3 Å². The number of anilines is 2. The zero-order valence-electron chi connectivity index (χ0n) is 15.9. The molecule has 2 N–H and O–H groups in total. The molecule has 1 aliphatic heterocycles. The van der Waals surface area contributed by atoms with Crippen LogP contribution in [0.1, 0.15) is 18.0 Å². The fraction of sp³-hybridized carbons (Fsp3) is 0.250. The van der Waals surface area contributed by atoms with Gasteiger partial charge in [-0.2, -0.15) is 0 Å². The summed E-state index contributed by atoms with van der Waals surface area (Å²) >= 11 is 7.46. The van der Waals surface area contributed by atoms with E-state index in [-0.39, 0.29) is 16.2 Å². The van der Waals surface area contributed by atoms with Gasteiger partial charge in [-0.15, -0.1) is 11.3 Å². The molecule has 2 heterocycles. The number of nitrogens with one attached hydrogen (secondary N) is 2. The fourth-order valence-electron chi connectivity index (χ4n) is 3.22. The number of hydrogen-bond acceptors (Lipinski definition) is 6. The van der Waals surface area contributed by atoms with Crippen molar-refractivity contribution in [2.24, 2.45) is 0 Å². The van der Waals surface area contributed by atoms with Crippen LogP contribution in [0.2, 0.25) is 5.02 Å². The quantitative estimate of drug-likeness (QED) is 0.507. The third-order valence-electron chi connectivity index (χ3n) is 4.89. The van der Waals surface area contributed by atoms with Gasteiger partial charge in [0.1, 0.15) is 10.7 Å². The number of aromatic nitrogens is 1.